The second-order valence-corrected chi connectivity index (χ2v) is 16.5. The average molecular weight is 517 g/mol. The molecule has 2 aromatic carbocycles. The number of anilines is 2. The Labute approximate surface area is 219 Å². The maximum absolute atomic E-state index is 6.39. The second kappa shape index (κ2) is 10.5. The first-order chi connectivity index (χ1) is 17.8. The van der Waals surface area contributed by atoms with E-state index < -0.39 is 8.07 Å². The van der Waals surface area contributed by atoms with Crippen molar-refractivity contribution in [3.63, 3.8) is 0 Å². The quantitative estimate of drug-likeness (QED) is 0.147. The number of aromatic nitrogens is 3. The number of rotatable bonds is 9. The van der Waals surface area contributed by atoms with Gasteiger partial charge in [0.2, 0.25) is 0 Å². The van der Waals surface area contributed by atoms with E-state index in [1.54, 1.807) is 18.3 Å². The summed E-state index contributed by atoms with van der Waals surface area (Å²) in [5, 5.41) is 3.62. The fourth-order valence-corrected chi connectivity index (χ4v) is 5.33. The third-order valence-corrected chi connectivity index (χ3v) is 8.42. The van der Waals surface area contributed by atoms with Crippen LogP contribution >= 0.6 is 0 Å². The number of nitrogens with zero attached hydrogens (tertiary/aromatic N) is 3. The summed E-state index contributed by atoms with van der Waals surface area (Å²) in [5.74, 6) is 2.18. The molecule has 1 fully saturated rings. The van der Waals surface area contributed by atoms with E-state index in [1.807, 2.05) is 30.3 Å². The van der Waals surface area contributed by atoms with Crippen molar-refractivity contribution in [3.8, 4) is 23.0 Å². The van der Waals surface area contributed by atoms with Crippen LogP contribution in [-0.4, -0.2) is 35.8 Å². The molecule has 1 saturated heterocycles. The van der Waals surface area contributed by atoms with Gasteiger partial charge in [-0.25, -0.2) is 4.98 Å². The van der Waals surface area contributed by atoms with Gasteiger partial charge in [0.15, 0.2) is 5.82 Å². The number of imidazole rings is 1. The molecule has 0 aliphatic carbocycles. The first-order valence-electron chi connectivity index (χ1n) is 12.9. The standard InChI is InChI=1S/C28H36N6O2Si/c1-37(2,3)14-13-35-18-34-26-16-20(23-8-6-12-31-23)27(36-19-9-10-21(29)22(30)15-19)17-25(26)33-28(34)24-7-4-5-11-32-24/h4-5,7,9-11,15-17,23,31H,6,8,12-14,18,29-30H2,1-3H3. The molecule has 1 aliphatic rings. The predicted octanol–water partition coefficient (Wildman–Crippen LogP) is 5.79. The Morgan fingerprint density at radius 3 is 2.65 bits per heavy atom. The van der Waals surface area contributed by atoms with Gasteiger partial charge in [-0.05, 0) is 55.8 Å². The zero-order valence-corrected chi connectivity index (χ0v) is 22.8. The molecule has 8 nitrogen and oxygen atoms in total. The maximum atomic E-state index is 6.39. The molecular weight excluding hydrogens is 480 g/mol. The van der Waals surface area contributed by atoms with Crippen molar-refractivity contribution in [2.75, 3.05) is 24.6 Å². The van der Waals surface area contributed by atoms with Gasteiger partial charge in [0, 0.05) is 44.6 Å². The Morgan fingerprint density at radius 2 is 1.95 bits per heavy atom. The highest BCUT2D eigenvalue weighted by Crippen LogP contribution is 2.38. The van der Waals surface area contributed by atoms with E-state index >= 15 is 0 Å². The van der Waals surface area contributed by atoms with E-state index in [2.05, 4.69) is 40.6 Å². The molecule has 5 N–H and O–H groups in total. The number of hydrogen-bond acceptors (Lipinski definition) is 7. The van der Waals surface area contributed by atoms with Crippen LogP contribution in [0.2, 0.25) is 25.7 Å². The van der Waals surface area contributed by atoms with Crippen LogP contribution in [0.25, 0.3) is 22.6 Å². The fourth-order valence-electron chi connectivity index (χ4n) is 4.58. The molecule has 4 aromatic rings. The number of pyridine rings is 1. The number of hydrogen-bond donors (Lipinski definition) is 3. The van der Waals surface area contributed by atoms with Crippen molar-refractivity contribution >= 4 is 30.5 Å². The molecule has 0 bridgehead atoms. The number of ether oxygens (including phenoxy) is 2. The molecule has 0 saturated carbocycles. The van der Waals surface area contributed by atoms with E-state index in [9.17, 15) is 0 Å². The van der Waals surface area contributed by atoms with E-state index in [4.69, 9.17) is 25.9 Å². The Bertz CT molecular complexity index is 1380. The zero-order valence-electron chi connectivity index (χ0n) is 21.8. The van der Waals surface area contributed by atoms with E-state index in [-0.39, 0.29) is 6.04 Å². The largest absolute Gasteiger partial charge is 0.457 e. The van der Waals surface area contributed by atoms with Crippen molar-refractivity contribution in [1.82, 2.24) is 19.9 Å². The Balaban J connectivity index is 1.58. The minimum Gasteiger partial charge on any atom is -0.457 e. The lowest BCUT2D eigenvalue weighted by Crippen LogP contribution is -2.22. The lowest BCUT2D eigenvalue weighted by Gasteiger charge is -2.18. The third-order valence-electron chi connectivity index (χ3n) is 6.71. The van der Waals surface area contributed by atoms with Crippen molar-refractivity contribution in [1.29, 1.82) is 0 Å². The summed E-state index contributed by atoms with van der Waals surface area (Å²) in [5.41, 5.74) is 16.7. The Morgan fingerprint density at radius 1 is 1.08 bits per heavy atom. The molecule has 9 heteroatoms. The van der Waals surface area contributed by atoms with Gasteiger partial charge in [0.25, 0.3) is 0 Å². The average Bonchev–Trinajstić information content (AvgIpc) is 3.52. The summed E-state index contributed by atoms with van der Waals surface area (Å²) in [4.78, 5) is 9.58. The lowest BCUT2D eigenvalue weighted by atomic mass is 10.0. The normalized spacial score (nSPS) is 15.9. The third kappa shape index (κ3) is 5.79. The summed E-state index contributed by atoms with van der Waals surface area (Å²) in [6.45, 7) is 9.21. The van der Waals surface area contributed by atoms with Gasteiger partial charge >= 0.3 is 0 Å². The highest BCUT2D eigenvalue weighted by Gasteiger charge is 2.24. The molecule has 37 heavy (non-hydrogen) atoms. The minimum atomic E-state index is -1.19. The number of fused-ring (bicyclic) bond motifs is 1. The molecule has 0 amide bonds. The summed E-state index contributed by atoms with van der Waals surface area (Å²) in [6, 6.07) is 16.7. The van der Waals surface area contributed by atoms with Crippen LogP contribution < -0.4 is 21.5 Å². The molecule has 194 valence electrons. The lowest BCUT2D eigenvalue weighted by molar-refractivity contribution is 0.0909. The number of nitrogens with two attached hydrogens (primary N) is 2. The van der Waals surface area contributed by atoms with Crippen LogP contribution in [0.3, 0.4) is 0 Å². The van der Waals surface area contributed by atoms with Crippen molar-refractivity contribution in [2.24, 2.45) is 0 Å². The summed E-state index contributed by atoms with van der Waals surface area (Å²) in [7, 11) is -1.19. The highest BCUT2D eigenvalue weighted by atomic mass is 28.3. The van der Waals surface area contributed by atoms with E-state index in [0.29, 0.717) is 23.9 Å². The number of benzene rings is 2. The molecule has 1 aliphatic heterocycles. The molecule has 5 rings (SSSR count). The molecule has 1 unspecified atom stereocenters. The summed E-state index contributed by atoms with van der Waals surface area (Å²) >= 11 is 0. The van der Waals surface area contributed by atoms with Crippen LogP contribution in [0.5, 0.6) is 11.5 Å². The monoisotopic (exact) mass is 516 g/mol. The van der Waals surface area contributed by atoms with Gasteiger partial charge in [0.05, 0.1) is 22.4 Å². The second-order valence-electron chi connectivity index (χ2n) is 10.8. The first kappa shape index (κ1) is 25.3. The van der Waals surface area contributed by atoms with Crippen molar-refractivity contribution < 1.29 is 9.47 Å². The van der Waals surface area contributed by atoms with Crippen LogP contribution in [0.4, 0.5) is 11.4 Å². The summed E-state index contributed by atoms with van der Waals surface area (Å²) in [6.07, 6.45) is 3.95. The fraction of sp³-hybridized carbons (Fsp3) is 0.357. The van der Waals surface area contributed by atoms with Gasteiger partial charge < -0.3 is 26.3 Å². The van der Waals surface area contributed by atoms with Crippen molar-refractivity contribution in [2.45, 2.75) is 51.3 Å². The van der Waals surface area contributed by atoms with Crippen LogP contribution in [-0.2, 0) is 11.5 Å². The van der Waals surface area contributed by atoms with E-state index in [0.717, 1.165) is 65.9 Å². The Hall–Kier alpha value is -3.40. The summed E-state index contributed by atoms with van der Waals surface area (Å²) < 4.78 is 14.7. The number of nitrogens with one attached hydrogen (secondary N) is 1. The predicted molar refractivity (Wildman–Crippen MR) is 152 cm³/mol. The van der Waals surface area contributed by atoms with Gasteiger partial charge in [-0.2, -0.15) is 0 Å². The maximum Gasteiger partial charge on any atom is 0.161 e. The number of nitrogen functional groups attached to an aromatic ring is 2. The van der Waals surface area contributed by atoms with Gasteiger partial charge in [0.1, 0.15) is 23.9 Å². The van der Waals surface area contributed by atoms with Gasteiger partial charge in [-0.1, -0.05) is 25.7 Å². The van der Waals surface area contributed by atoms with Crippen LogP contribution in [0, 0.1) is 0 Å². The minimum absolute atomic E-state index is 0.194. The van der Waals surface area contributed by atoms with Gasteiger partial charge in [-0.15, -0.1) is 0 Å². The Kier molecular flexibility index (Phi) is 7.19. The zero-order chi connectivity index (χ0) is 26.0. The smallest absolute Gasteiger partial charge is 0.161 e. The van der Waals surface area contributed by atoms with Crippen LogP contribution in [0.1, 0.15) is 24.4 Å². The molecule has 0 radical (unpaired) electrons. The first-order valence-corrected chi connectivity index (χ1v) is 16.6. The molecular formula is C28H36N6O2Si. The van der Waals surface area contributed by atoms with Gasteiger partial charge in [-0.3, -0.25) is 9.55 Å². The highest BCUT2D eigenvalue weighted by molar-refractivity contribution is 6.76. The van der Waals surface area contributed by atoms with Crippen molar-refractivity contribution in [3.05, 3.63) is 60.3 Å². The van der Waals surface area contributed by atoms with E-state index in [1.165, 1.54) is 0 Å². The van der Waals surface area contributed by atoms with Crippen LogP contribution in [0.15, 0.2) is 54.7 Å². The SMILES string of the molecule is C[Si](C)(C)CCOCn1c(-c2ccccn2)nc2cc(Oc3ccc(N)c(N)c3)c(C3CCCN3)cc21. The topological polar surface area (TPSA) is 113 Å². The molecule has 3 heterocycles. The molecule has 0 spiro atoms. The molecule has 1 atom stereocenters. The molecule has 2 aromatic heterocycles.